The quantitative estimate of drug-likeness (QED) is 0.864. The smallest absolute Gasteiger partial charge is 0.0405 e. The normalized spacial score (nSPS) is 13.7. The van der Waals surface area contributed by atoms with E-state index in [4.69, 9.17) is 0 Å². The number of para-hydroxylation sites is 1. The molecule has 1 heterocycles. The van der Waals surface area contributed by atoms with Gasteiger partial charge in [0.25, 0.3) is 0 Å². The number of hydrogen-bond donors (Lipinski definition) is 1. The summed E-state index contributed by atoms with van der Waals surface area (Å²) in [6, 6.07) is 13.6. The van der Waals surface area contributed by atoms with Gasteiger partial charge >= 0.3 is 0 Å². The monoisotopic (exact) mass is 265 g/mol. The van der Waals surface area contributed by atoms with Gasteiger partial charge in [0, 0.05) is 12.2 Å². The van der Waals surface area contributed by atoms with Crippen molar-refractivity contribution in [3.8, 4) is 0 Å². The Hall–Kier alpha value is -1.76. The van der Waals surface area contributed by atoms with Crippen molar-refractivity contribution in [2.75, 3.05) is 11.9 Å². The van der Waals surface area contributed by atoms with Gasteiger partial charge in [-0.05, 0) is 67.3 Å². The minimum Gasteiger partial charge on any atom is -0.385 e. The molecule has 0 aromatic heterocycles. The minimum atomic E-state index is 1.12. The molecular weight excluding hydrogens is 242 g/mol. The molecule has 0 atom stereocenters. The van der Waals surface area contributed by atoms with Crippen LogP contribution in [-0.4, -0.2) is 6.54 Å². The van der Waals surface area contributed by atoms with Crippen LogP contribution in [0.4, 0.5) is 5.69 Å². The average molecular weight is 265 g/mol. The largest absolute Gasteiger partial charge is 0.385 e. The molecule has 0 amide bonds. The molecule has 0 radical (unpaired) electrons. The van der Waals surface area contributed by atoms with E-state index in [1.54, 1.807) is 0 Å². The van der Waals surface area contributed by atoms with Crippen LogP contribution in [0.25, 0.3) is 0 Å². The molecule has 3 rings (SSSR count). The van der Waals surface area contributed by atoms with Crippen LogP contribution in [0.3, 0.4) is 0 Å². The lowest BCUT2D eigenvalue weighted by Crippen LogP contribution is -2.14. The number of anilines is 1. The number of benzene rings is 2. The van der Waals surface area contributed by atoms with E-state index in [2.05, 4.69) is 55.6 Å². The summed E-state index contributed by atoms with van der Waals surface area (Å²) >= 11 is 0. The fourth-order valence-corrected chi connectivity index (χ4v) is 3.03. The predicted molar refractivity (Wildman–Crippen MR) is 86.6 cm³/mol. The van der Waals surface area contributed by atoms with Crippen molar-refractivity contribution >= 4 is 5.69 Å². The molecule has 20 heavy (non-hydrogen) atoms. The molecule has 0 saturated heterocycles. The highest BCUT2D eigenvalue weighted by atomic mass is 14.9. The number of aryl methyl sites for hydroxylation is 5. The Morgan fingerprint density at radius 3 is 2.75 bits per heavy atom. The van der Waals surface area contributed by atoms with Crippen molar-refractivity contribution < 1.29 is 0 Å². The summed E-state index contributed by atoms with van der Waals surface area (Å²) in [6.07, 6.45) is 4.73. The first-order valence-electron chi connectivity index (χ1n) is 7.65. The molecule has 0 unspecified atom stereocenters. The van der Waals surface area contributed by atoms with Crippen molar-refractivity contribution in [2.45, 2.75) is 39.5 Å². The molecule has 1 N–H and O–H groups in total. The topological polar surface area (TPSA) is 12.0 Å². The maximum absolute atomic E-state index is 3.59. The number of fused-ring (bicyclic) bond motifs is 1. The average Bonchev–Trinajstić information content (AvgIpc) is 2.48. The van der Waals surface area contributed by atoms with Gasteiger partial charge in [-0.1, -0.05) is 36.4 Å². The third kappa shape index (κ3) is 2.72. The van der Waals surface area contributed by atoms with Gasteiger partial charge in [-0.3, -0.25) is 0 Å². The first kappa shape index (κ1) is 13.2. The lowest BCUT2D eigenvalue weighted by atomic mass is 9.95. The summed E-state index contributed by atoms with van der Waals surface area (Å²) in [4.78, 5) is 0. The summed E-state index contributed by atoms with van der Waals surface area (Å²) < 4.78 is 0. The van der Waals surface area contributed by atoms with Crippen LogP contribution in [0.1, 0.15) is 34.2 Å². The highest BCUT2D eigenvalue weighted by molar-refractivity contribution is 5.59. The van der Waals surface area contributed by atoms with E-state index in [-0.39, 0.29) is 0 Å². The van der Waals surface area contributed by atoms with Crippen LogP contribution in [-0.2, 0) is 19.3 Å². The third-order valence-corrected chi connectivity index (χ3v) is 4.42. The van der Waals surface area contributed by atoms with Crippen molar-refractivity contribution in [1.29, 1.82) is 0 Å². The van der Waals surface area contributed by atoms with Gasteiger partial charge in [0.05, 0.1) is 0 Å². The fraction of sp³-hybridized carbons (Fsp3) is 0.368. The van der Waals surface area contributed by atoms with Crippen LogP contribution in [0, 0.1) is 13.8 Å². The van der Waals surface area contributed by atoms with E-state index in [1.165, 1.54) is 46.3 Å². The second-order valence-electron chi connectivity index (χ2n) is 5.90. The first-order chi connectivity index (χ1) is 9.74. The molecule has 2 aromatic rings. The zero-order valence-electron chi connectivity index (χ0n) is 12.5. The van der Waals surface area contributed by atoms with E-state index in [0.29, 0.717) is 0 Å². The standard InChI is InChI=1S/C19H23N/c1-14-8-9-16(13-15(14)2)10-11-18-6-3-5-17-7-4-12-20-19(17)18/h3,5-6,8-9,13,20H,4,7,10-12H2,1-2H3. The van der Waals surface area contributed by atoms with E-state index in [1.807, 2.05) is 0 Å². The summed E-state index contributed by atoms with van der Waals surface area (Å²) in [7, 11) is 0. The fourth-order valence-electron chi connectivity index (χ4n) is 3.03. The zero-order chi connectivity index (χ0) is 13.9. The van der Waals surface area contributed by atoms with E-state index in [9.17, 15) is 0 Å². The Bertz CT molecular complexity index is 613. The second kappa shape index (κ2) is 5.70. The molecular formula is C19H23N. The van der Waals surface area contributed by atoms with E-state index >= 15 is 0 Å². The Kier molecular flexibility index (Phi) is 3.77. The van der Waals surface area contributed by atoms with Crippen molar-refractivity contribution in [3.05, 3.63) is 64.2 Å². The molecule has 2 aromatic carbocycles. The van der Waals surface area contributed by atoms with Crippen LogP contribution in [0.2, 0.25) is 0 Å². The lowest BCUT2D eigenvalue weighted by molar-refractivity contribution is 0.820. The molecule has 1 nitrogen and oxygen atoms in total. The summed E-state index contributed by atoms with van der Waals surface area (Å²) in [5.41, 5.74) is 8.60. The molecule has 0 fully saturated rings. The highest BCUT2D eigenvalue weighted by Crippen LogP contribution is 2.27. The maximum Gasteiger partial charge on any atom is 0.0405 e. The molecule has 0 spiro atoms. The van der Waals surface area contributed by atoms with Crippen LogP contribution >= 0.6 is 0 Å². The summed E-state index contributed by atoms with van der Waals surface area (Å²) in [5, 5.41) is 3.59. The van der Waals surface area contributed by atoms with Gasteiger partial charge in [-0.25, -0.2) is 0 Å². The van der Waals surface area contributed by atoms with Gasteiger partial charge in [0.1, 0.15) is 0 Å². The SMILES string of the molecule is Cc1ccc(CCc2cccc3c2NCCC3)cc1C. The maximum atomic E-state index is 3.59. The number of rotatable bonds is 3. The van der Waals surface area contributed by atoms with Gasteiger partial charge in [-0.15, -0.1) is 0 Å². The Labute approximate surface area is 122 Å². The molecule has 1 heteroatoms. The zero-order valence-corrected chi connectivity index (χ0v) is 12.5. The highest BCUT2D eigenvalue weighted by Gasteiger charge is 2.12. The molecule has 0 aliphatic carbocycles. The van der Waals surface area contributed by atoms with Crippen LogP contribution in [0.15, 0.2) is 36.4 Å². The van der Waals surface area contributed by atoms with Crippen LogP contribution in [0.5, 0.6) is 0 Å². The minimum absolute atomic E-state index is 1.12. The summed E-state index contributed by atoms with van der Waals surface area (Å²) in [5.74, 6) is 0. The molecule has 0 bridgehead atoms. The van der Waals surface area contributed by atoms with Crippen LogP contribution < -0.4 is 5.32 Å². The van der Waals surface area contributed by atoms with Crippen molar-refractivity contribution in [3.63, 3.8) is 0 Å². The summed E-state index contributed by atoms with van der Waals surface area (Å²) in [6.45, 7) is 5.50. The molecule has 1 aliphatic rings. The second-order valence-corrected chi connectivity index (χ2v) is 5.90. The van der Waals surface area contributed by atoms with Gasteiger partial charge in [0.15, 0.2) is 0 Å². The van der Waals surface area contributed by atoms with Crippen molar-refractivity contribution in [2.24, 2.45) is 0 Å². The number of hydrogen-bond acceptors (Lipinski definition) is 1. The number of nitrogens with one attached hydrogen (secondary N) is 1. The first-order valence-corrected chi connectivity index (χ1v) is 7.65. The lowest BCUT2D eigenvalue weighted by Gasteiger charge is -2.21. The van der Waals surface area contributed by atoms with E-state index in [0.717, 1.165) is 19.4 Å². The Balaban J connectivity index is 1.76. The van der Waals surface area contributed by atoms with Gasteiger partial charge in [-0.2, -0.15) is 0 Å². The van der Waals surface area contributed by atoms with Gasteiger partial charge in [0.2, 0.25) is 0 Å². The molecule has 0 saturated carbocycles. The predicted octanol–water partition coefficient (Wildman–Crippen LogP) is 4.45. The molecule has 104 valence electrons. The van der Waals surface area contributed by atoms with Crippen molar-refractivity contribution in [1.82, 2.24) is 0 Å². The van der Waals surface area contributed by atoms with Gasteiger partial charge < -0.3 is 5.32 Å². The Morgan fingerprint density at radius 1 is 1.00 bits per heavy atom. The molecule has 1 aliphatic heterocycles. The van der Waals surface area contributed by atoms with E-state index < -0.39 is 0 Å². The Morgan fingerprint density at radius 2 is 1.90 bits per heavy atom. The third-order valence-electron chi connectivity index (χ3n) is 4.42.